The number of aromatic nitrogens is 2. The lowest BCUT2D eigenvalue weighted by Gasteiger charge is -2.36. The van der Waals surface area contributed by atoms with Crippen LogP contribution >= 0.6 is 0 Å². The molecule has 1 aliphatic rings. The molecule has 0 aliphatic carbocycles. The molecule has 0 spiro atoms. The Labute approximate surface area is 171 Å². The Hall–Kier alpha value is -3.28. The normalized spacial score (nSPS) is 14.0. The SMILES string of the molecule is COc1ccc(N2CCN(c3cncc(-c4cccc(C)c4)n3)CC2)cc1OC. The van der Waals surface area contributed by atoms with E-state index in [1.807, 2.05) is 24.5 Å². The van der Waals surface area contributed by atoms with Crippen molar-refractivity contribution < 1.29 is 9.47 Å². The number of aryl methyl sites for hydroxylation is 1. The van der Waals surface area contributed by atoms with Gasteiger partial charge in [-0.2, -0.15) is 0 Å². The molecule has 0 unspecified atom stereocenters. The molecule has 1 aromatic heterocycles. The van der Waals surface area contributed by atoms with E-state index in [1.54, 1.807) is 14.2 Å². The lowest BCUT2D eigenvalue weighted by Crippen LogP contribution is -2.46. The third-order valence-electron chi connectivity index (χ3n) is 5.27. The van der Waals surface area contributed by atoms with E-state index in [0.717, 1.165) is 60.4 Å². The summed E-state index contributed by atoms with van der Waals surface area (Å²) >= 11 is 0. The third-order valence-corrected chi connectivity index (χ3v) is 5.27. The smallest absolute Gasteiger partial charge is 0.162 e. The van der Waals surface area contributed by atoms with Crippen molar-refractivity contribution in [1.29, 1.82) is 0 Å². The summed E-state index contributed by atoms with van der Waals surface area (Å²) in [6, 6.07) is 14.4. The number of piperazine rings is 1. The fraction of sp³-hybridized carbons (Fsp3) is 0.304. The van der Waals surface area contributed by atoms with Crippen LogP contribution in [0.4, 0.5) is 11.5 Å². The molecule has 1 fully saturated rings. The summed E-state index contributed by atoms with van der Waals surface area (Å²) in [6.07, 6.45) is 3.68. The van der Waals surface area contributed by atoms with Gasteiger partial charge in [-0.15, -0.1) is 0 Å². The van der Waals surface area contributed by atoms with Crippen LogP contribution in [0, 0.1) is 6.92 Å². The molecule has 0 bridgehead atoms. The molecule has 0 saturated carbocycles. The Morgan fingerprint density at radius 1 is 0.828 bits per heavy atom. The number of methoxy groups -OCH3 is 2. The maximum atomic E-state index is 5.44. The van der Waals surface area contributed by atoms with E-state index < -0.39 is 0 Å². The Morgan fingerprint density at radius 3 is 2.31 bits per heavy atom. The van der Waals surface area contributed by atoms with Gasteiger partial charge in [0.05, 0.1) is 32.3 Å². The summed E-state index contributed by atoms with van der Waals surface area (Å²) in [5, 5.41) is 0. The van der Waals surface area contributed by atoms with Gasteiger partial charge in [-0.25, -0.2) is 4.98 Å². The van der Waals surface area contributed by atoms with E-state index >= 15 is 0 Å². The summed E-state index contributed by atoms with van der Waals surface area (Å²) in [7, 11) is 3.32. The first-order chi connectivity index (χ1) is 14.2. The van der Waals surface area contributed by atoms with Gasteiger partial charge in [-0.05, 0) is 25.1 Å². The molecule has 1 saturated heterocycles. The topological polar surface area (TPSA) is 50.7 Å². The standard InChI is InChI=1S/C23H26N4O2/c1-17-5-4-6-18(13-17)20-15-24-16-23(25-20)27-11-9-26(10-12-27)19-7-8-21(28-2)22(14-19)29-3/h4-8,13-16H,9-12H2,1-3H3. The molecule has 0 amide bonds. The van der Waals surface area contributed by atoms with Gasteiger partial charge < -0.3 is 19.3 Å². The van der Waals surface area contributed by atoms with Gasteiger partial charge in [0.2, 0.25) is 0 Å². The minimum atomic E-state index is 0.748. The summed E-state index contributed by atoms with van der Waals surface area (Å²) in [6.45, 7) is 5.69. The first-order valence-electron chi connectivity index (χ1n) is 9.79. The van der Waals surface area contributed by atoms with Crippen LogP contribution in [0.1, 0.15) is 5.56 Å². The van der Waals surface area contributed by atoms with Crippen molar-refractivity contribution in [3.05, 3.63) is 60.4 Å². The molecular formula is C23H26N4O2. The van der Waals surface area contributed by atoms with Gasteiger partial charge in [-0.3, -0.25) is 4.98 Å². The van der Waals surface area contributed by atoms with Crippen LogP contribution in [0.2, 0.25) is 0 Å². The first-order valence-corrected chi connectivity index (χ1v) is 9.79. The highest BCUT2D eigenvalue weighted by atomic mass is 16.5. The molecule has 6 nitrogen and oxygen atoms in total. The van der Waals surface area contributed by atoms with Crippen LogP contribution in [-0.2, 0) is 0 Å². The first kappa shape index (κ1) is 19.1. The molecule has 29 heavy (non-hydrogen) atoms. The number of anilines is 2. The number of nitrogens with zero attached hydrogens (tertiary/aromatic N) is 4. The number of rotatable bonds is 5. The maximum Gasteiger partial charge on any atom is 0.162 e. The largest absolute Gasteiger partial charge is 0.493 e. The molecule has 0 atom stereocenters. The van der Waals surface area contributed by atoms with E-state index in [1.165, 1.54) is 5.56 Å². The molecule has 6 heteroatoms. The summed E-state index contributed by atoms with van der Waals surface area (Å²) in [4.78, 5) is 14.0. The lowest BCUT2D eigenvalue weighted by atomic mass is 10.1. The summed E-state index contributed by atoms with van der Waals surface area (Å²) in [5.41, 5.74) is 4.37. The number of hydrogen-bond acceptors (Lipinski definition) is 6. The Kier molecular flexibility index (Phi) is 5.51. The molecule has 150 valence electrons. The Balaban J connectivity index is 1.47. The van der Waals surface area contributed by atoms with Crippen molar-refractivity contribution in [2.24, 2.45) is 0 Å². The predicted octanol–water partition coefficient (Wildman–Crippen LogP) is 3.80. The molecule has 2 heterocycles. The average Bonchev–Trinajstić information content (AvgIpc) is 2.79. The number of ether oxygens (including phenoxy) is 2. The van der Waals surface area contributed by atoms with Crippen molar-refractivity contribution in [2.75, 3.05) is 50.2 Å². The van der Waals surface area contributed by atoms with E-state index in [2.05, 4.69) is 52.0 Å². The van der Waals surface area contributed by atoms with Gasteiger partial charge in [0, 0.05) is 43.5 Å². The minimum Gasteiger partial charge on any atom is -0.493 e. The van der Waals surface area contributed by atoms with Crippen molar-refractivity contribution >= 4 is 11.5 Å². The van der Waals surface area contributed by atoms with Gasteiger partial charge in [-0.1, -0.05) is 23.8 Å². The quantitative estimate of drug-likeness (QED) is 0.661. The number of hydrogen-bond donors (Lipinski definition) is 0. The van der Waals surface area contributed by atoms with Crippen molar-refractivity contribution in [1.82, 2.24) is 9.97 Å². The molecular weight excluding hydrogens is 364 g/mol. The van der Waals surface area contributed by atoms with Gasteiger partial charge >= 0.3 is 0 Å². The fourth-order valence-electron chi connectivity index (χ4n) is 3.67. The second kappa shape index (κ2) is 8.39. The highest BCUT2D eigenvalue weighted by molar-refractivity contribution is 5.61. The van der Waals surface area contributed by atoms with Gasteiger partial charge in [0.15, 0.2) is 11.5 Å². The molecule has 4 rings (SSSR count). The summed E-state index contributed by atoms with van der Waals surface area (Å²) < 4.78 is 10.8. The third kappa shape index (κ3) is 4.11. The zero-order chi connectivity index (χ0) is 20.2. The van der Waals surface area contributed by atoms with Crippen molar-refractivity contribution in [3.8, 4) is 22.8 Å². The highest BCUT2D eigenvalue weighted by Gasteiger charge is 2.20. The zero-order valence-corrected chi connectivity index (χ0v) is 17.1. The fourth-order valence-corrected chi connectivity index (χ4v) is 3.67. The second-order valence-corrected chi connectivity index (χ2v) is 7.15. The van der Waals surface area contributed by atoms with Crippen molar-refractivity contribution in [3.63, 3.8) is 0 Å². The zero-order valence-electron chi connectivity index (χ0n) is 17.1. The van der Waals surface area contributed by atoms with Crippen LogP contribution in [0.5, 0.6) is 11.5 Å². The Bertz CT molecular complexity index is 984. The number of benzene rings is 2. The van der Waals surface area contributed by atoms with Crippen molar-refractivity contribution in [2.45, 2.75) is 6.92 Å². The van der Waals surface area contributed by atoms with Crippen LogP contribution in [0.25, 0.3) is 11.3 Å². The van der Waals surface area contributed by atoms with Crippen LogP contribution < -0.4 is 19.3 Å². The predicted molar refractivity (Wildman–Crippen MR) is 116 cm³/mol. The highest BCUT2D eigenvalue weighted by Crippen LogP contribution is 2.32. The van der Waals surface area contributed by atoms with Crippen LogP contribution in [0.3, 0.4) is 0 Å². The minimum absolute atomic E-state index is 0.748. The molecule has 0 radical (unpaired) electrons. The molecule has 1 aliphatic heterocycles. The van der Waals surface area contributed by atoms with E-state index in [4.69, 9.17) is 14.5 Å². The van der Waals surface area contributed by atoms with Crippen LogP contribution in [-0.4, -0.2) is 50.4 Å². The van der Waals surface area contributed by atoms with Gasteiger partial charge in [0.1, 0.15) is 5.82 Å². The molecule has 0 N–H and O–H groups in total. The van der Waals surface area contributed by atoms with Gasteiger partial charge in [0.25, 0.3) is 0 Å². The average molecular weight is 390 g/mol. The monoisotopic (exact) mass is 390 g/mol. The van der Waals surface area contributed by atoms with Crippen LogP contribution in [0.15, 0.2) is 54.9 Å². The van der Waals surface area contributed by atoms with E-state index in [-0.39, 0.29) is 0 Å². The molecule has 3 aromatic rings. The summed E-state index contributed by atoms with van der Waals surface area (Å²) in [5.74, 6) is 2.43. The van der Waals surface area contributed by atoms with E-state index in [9.17, 15) is 0 Å². The van der Waals surface area contributed by atoms with E-state index in [0.29, 0.717) is 0 Å². The Morgan fingerprint density at radius 2 is 1.59 bits per heavy atom. The second-order valence-electron chi connectivity index (χ2n) is 7.15. The lowest BCUT2D eigenvalue weighted by molar-refractivity contribution is 0.355. The molecule has 2 aromatic carbocycles. The maximum absolute atomic E-state index is 5.44.